The third-order valence-corrected chi connectivity index (χ3v) is 4.40. The molecule has 1 fully saturated rings. The summed E-state index contributed by atoms with van der Waals surface area (Å²) in [5, 5.41) is 8.95. The largest absolute Gasteiger partial charge is 0.493 e. The maximum absolute atomic E-state index is 8.95. The van der Waals surface area contributed by atoms with E-state index in [1.54, 1.807) is 0 Å². The van der Waals surface area contributed by atoms with Crippen molar-refractivity contribution in [3.8, 4) is 5.75 Å². The summed E-state index contributed by atoms with van der Waals surface area (Å²) in [6, 6.07) is 6.29. The number of hydrogen-bond acceptors (Lipinski definition) is 4. The van der Waals surface area contributed by atoms with E-state index in [2.05, 4.69) is 41.8 Å². The number of halogens is 2. The molecule has 1 aromatic carbocycles. The molecule has 140 valence electrons. The van der Waals surface area contributed by atoms with E-state index in [0.717, 1.165) is 58.0 Å². The number of unbranched alkanes of at least 4 members (excludes halogenated alkanes) is 1. The zero-order valence-electron chi connectivity index (χ0n) is 14.9. The normalized spacial score (nSPS) is 15.5. The van der Waals surface area contributed by atoms with Crippen molar-refractivity contribution < 1.29 is 9.84 Å². The Balaban J connectivity index is 0.00000264. The summed E-state index contributed by atoms with van der Waals surface area (Å²) in [6.07, 6.45) is 2.29. The highest BCUT2D eigenvalue weighted by Gasteiger charge is 2.15. The molecule has 1 N–H and O–H groups in total. The van der Waals surface area contributed by atoms with Crippen LogP contribution in [0.25, 0.3) is 0 Å². The summed E-state index contributed by atoms with van der Waals surface area (Å²) in [5.41, 5.74) is 2.44. The number of hydrogen-bond donors (Lipinski definition) is 1. The summed E-state index contributed by atoms with van der Waals surface area (Å²) in [4.78, 5) is 4.85. The quantitative estimate of drug-likeness (QED) is 0.705. The fourth-order valence-corrected chi connectivity index (χ4v) is 3.02. The van der Waals surface area contributed by atoms with Gasteiger partial charge in [0.2, 0.25) is 0 Å². The predicted octanol–water partition coefficient (Wildman–Crippen LogP) is 2.92. The van der Waals surface area contributed by atoms with Crippen molar-refractivity contribution in [1.82, 2.24) is 9.80 Å². The average molecular weight is 379 g/mol. The van der Waals surface area contributed by atoms with Gasteiger partial charge in [-0.25, -0.2) is 0 Å². The van der Waals surface area contributed by atoms with Gasteiger partial charge in [0.05, 0.1) is 13.2 Å². The van der Waals surface area contributed by atoms with Crippen LogP contribution in [-0.2, 0) is 0 Å². The van der Waals surface area contributed by atoms with E-state index in [9.17, 15) is 0 Å². The van der Waals surface area contributed by atoms with Gasteiger partial charge in [-0.15, -0.1) is 24.8 Å². The lowest BCUT2D eigenvalue weighted by Crippen LogP contribution is -2.47. The zero-order chi connectivity index (χ0) is 15.8. The fourth-order valence-electron chi connectivity index (χ4n) is 3.02. The average Bonchev–Trinajstić information content (AvgIpc) is 2.51. The molecular weight excluding hydrogens is 347 g/mol. The lowest BCUT2D eigenvalue weighted by atomic mass is 10.1. The third kappa shape index (κ3) is 7.58. The molecule has 0 amide bonds. The molecular formula is C18H32Cl2N2O2. The Hall–Kier alpha value is -0.520. The van der Waals surface area contributed by atoms with Gasteiger partial charge in [-0.3, -0.25) is 4.90 Å². The maximum atomic E-state index is 8.95. The molecule has 0 bridgehead atoms. The van der Waals surface area contributed by atoms with E-state index < -0.39 is 0 Å². The maximum Gasteiger partial charge on any atom is 0.125 e. The highest BCUT2D eigenvalue weighted by Crippen LogP contribution is 2.22. The Labute approximate surface area is 159 Å². The number of benzene rings is 1. The van der Waals surface area contributed by atoms with Crippen molar-refractivity contribution in [1.29, 1.82) is 0 Å². The van der Waals surface area contributed by atoms with E-state index in [1.165, 1.54) is 17.5 Å². The van der Waals surface area contributed by atoms with Gasteiger partial charge >= 0.3 is 0 Å². The van der Waals surface area contributed by atoms with Gasteiger partial charge < -0.3 is 14.7 Å². The van der Waals surface area contributed by atoms with Crippen LogP contribution >= 0.6 is 24.8 Å². The van der Waals surface area contributed by atoms with Crippen LogP contribution in [0.15, 0.2) is 18.2 Å². The zero-order valence-corrected chi connectivity index (χ0v) is 16.5. The minimum atomic E-state index is 0. The number of β-amino-alcohol motifs (C(OH)–C–C–N with tert-alkyl or cyclic N) is 1. The second-order valence-electron chi connectivity index (χ2n) is 6.18. The highest BCUT2D eigenvalue weighted by molar-refractivity contribution is 5.85. The van der Waals surface area contributed by atoms with Gasteiger partial charge in [-0.1, -0.05) is 18.2 Å². The van der Waals surface area contributed by atoms with Gasteiger partial charge in [0.15, 0.2) is 0 Å². The fraction of sp³-hybridized carbons (Fsp3) is 0.667. The minimum Gasteiger partial charge on any atom is -0.493 e. The second-order valence-corrected chi connectivity index (χ2v) is 6.18. The molecule has 1 saturated heterocycles. The number of nitrogens with zero attached hydrogens (tertiary/aromatic N) is 2. The van der Waals surface area contributed by atoms with Gasteiger partial charge in [-0.2, -0.15) is 0 Å². The smallest absolute Gasteiger partial charge is 0.125 e. The Morgan fingerprint density at radius 1 is 0.917 bits per heavy atom. The van der Waals surface area contributed by atoms with Crippen LogP contribution in [0.1, 0.15) is 24.0 Å². The van der Waals surface area contributed by atoms with Crippen LogP contribution in [0.4, 0.5) is 0 Å². The first kappa shape index (κ1) is 23.5. The molecule has 0 atom stereocenters. The lowest BCUT2D eigenvalue weighted by Gasteiger charge is -2.34. The van der Waals surface area contributed by atoms with E-state index >= 15 is 0 Å². The summed E-state index contributed by atoms with van der Waals surface area (Å²) in [5.74, 6) is 1.06. The molecule has 0 radical (unpaired) electrons. The molecule has 24 heavy (non-hydrogen) atoms. The van der Waals surface area contributed by atoms with Crippen LogP contribution in [0.2, 0.25) is 0 Å². The van der Waals surface area contributed by atoms with Gasteiger partial charge in [0.25, 0.3) is 0 Å². The van der Waals surface area contributed by atoms with Crippen molar-refractivity contribution in [2.45, 2.75) is 26.7 Å². The lowest BCUT2D eigenvalue weighted by molar-refractivity contribution is 0.110. The number of ether oxygens (including phenoxy) is 1. The van der Waals surface area contributed by atoms with Gasteiger partial charge in [0, 0.05) is 32.7 Å². The molecule has 0 spiro atoms. The molecule has 1 aromatic rings. The monoisotopic (exact) mass is 378 g/mol. The molecule has 0 aromatic heterocycles. The molecule has 1 heterocycles. The number of rotatable bonds is 8. The summed E-state index contributed by atoms with van der Waals surface area (Å²) in [6.45, 7) is 11.7. The van der Waals surface area contributed by atoms with Crippen LogP contribution in [0.5, 0.6) is 5.75 Å². The molecule has 4 nitrogen and oxygen atoms in total. The number of aliphatic hydroxyl groups excluding tert-OH is 1. The Kier molecular flexibility index (Phi) is 12.5. The number of aryl methyl sites for hydroxylation is 2. The standard InChI is InChI=1S/C18H30N2O2.2ClH/c1-16-6-5-7-17(2)18(16)22-15-4-3-8-19-9-11-20(12-10-19)13-14-21;;/h5-7,21H,3-4,8-15H2,1-2H3;2*1H. The van der Waals surface area contributed by atoms with Crippen LogP contribution < -0.4 is 4.74 Å². The molecule has 0 unspecified atom stereocenters. The van der Waals surface area contributed by atoms with E-state index in [0.29, 0.717) is 0 Å². The SMILES string of the molecule is Cc1cccc(C)c1OCCCCN1CCN(CCO)CC1.Cl.Cl. The van der Waals surface area contributed by atoms with E-state index in [-0.39, 0.29) is 31.4 Å². The number of aliphatic hydroxyl groups is 1. The van der Waals surface area contributed by atoms with Crippen LogP contribution in [0, 0.1) is 13.8 Å². The van der Waals surface area contributed by atoms with Crippen molar-refractivity contribution in [3.05, 3.63) is 29.3 Å². The first-order valence-corrected chi connectivity index (χ1v) is 8.45. The Morgan fingerprint density at radius 3 is 2.00 bits per heavy atom. The van der Waals surface area contributed by atoms with Crippen LogP contribution in [-0.4, -0.2) is 67.4 Å². The van der Waals surface area contributed by atoms with Crippen LogP contribution in [0.3, 0.4) is 0 Å². The number of piperazine rings is 1. The summed E-state index contributed by atoms with van der Waals surface area (Å²) >= 11 is 0. The van der Waals surface area contributed by atoms with Crippen molar-refractivity contribution in [2.75, 3.05) is 52.5 Å². The van der Waals surface area contributed by atoms with Gasteiger partial charge in [-0.05, 0) is 44.4 Å². The van der Waals surface area contributed by atoms with E-state index in [1.807, 2.05) is 0 Å². The second kappa shape index (κ2) is 12.8. The first-order valence-electron chi connectivity index (χ1n) is 8.45. The highest BCUT2D eigenvalue weighted by atomic mass is 35.5. The Bertz CT molecular complexity index is 432. The number of para-hydroxylation sites is 1. The minimum absolute atomic E-state index is 0. The first-order chi connectivity index (χ1) is 10.7. The summed E-state index contributed by atoms with van der Waals surface area (Å²) < 4.78 is 5.95. The molecule has 0 aliphatic carbocycles. The topological polar surface area (TPSA) is 35.9 Å². The third-order valence-electron chi connectivity index (χ3n) is 4.40. The van der Waals surface area contributed by atoms with E-state index in [4.69, 9.17) is 9.84 Å². The van der Waals surface area contributed by atoms with Crippen molar-refractivity contribution >= 4 is 24.8 Å². The summed E-state index contributed by atoms with van der Waals surface area (Å²) in [7, 11) is 0. The molecule has 1 aliphatic rings. The molecule has 2 rings (SSSR count). The Morgan fingerprint density at radius 2 is 1.46 bits per heavy atom. The molecule has 1 aliphatic heterocycles. The van der Waals surface area contributed by atoms with Crippen molar-refractivity contribution in [2.24, 2.45) is 0 Å². The van der Waals surface area contributed by atoms with Crippen molar-refractivity contribution in [3.63, 3.8) is 0 Å². The predicted molar refractivity (Wildman–Crippen MR) is 105 cm³/mol. The molecule has 6 heteroatoms. The van der Waals surface area contributed by atoms with Gasteiger partial charge in [0.1, 0.15) is 5.75 Å². The molecule has 0 saturated carbocycles.